The summed E-state index contributed by atoms with van der Waals surface area (Å²) in [6, 6.07) is 13.2. The molecule has 2 aromatic rings. The summed E-state index contributed by atoms with van der Waals surface area (Å²) in [5, 5.41) is 0. The van der Waals surface area contributed by atoms with Gasteiger partial charge in [0, 0.05) is 19.2 Å². The van der Waals surface area contributed by atoms with Gasteiger partial charge in [-0.25, -0.2) is 0 Å². The summed E-state index contributed by atoms with van der Waals surface area (Å²) in [6.45, 7) is 5.67. The van der Waals surface area contributed by atoms with Gasteiger partial charge in [0.15, 0.2) is 0 Å². The molecule has 1 aromatic carbocycles. The Labute approximate surface area is 183 Å². The third-order valence-corrected chi connectivity index (χ3v) is 5.31. The van der Waals surface area contributed by atoms with Crippen molar-refractivity contribution in [2.24, 2.45) is 0 Å². The molecule has 1 aliphatic rings. The first-order chi connectivity index (χ1) is 15.0. The van der Waals surface area contributed by atoms with Crippen molar-refractivity contribution in [3.05, 3.63) is 60.1 Å². The van der Waals surface area contributed by atoms with Crippen LogP contribution in [0.3, 0.4) is 0 Å². The number of furan rings is 1. The monoisotopic (exact) mass is 428 g/mol. The van der Waals surface area contributed by atoms with Crippen LogP contribution in [0.2, 0.25) is 0 Å². The van der Waals surface area contributed by atoms with Crippen LogP contribution < -0.4 is 0 Å². The number of hydrogen-bond acceptors (Lipinski definition) is 5. The maximum atomic E-state index is 13.2. The highest BCUT2D eigenvalue weighted by atomic mass is 16.5. The molecule has 2 heterocycles. The van der Waals surface area contributed by atoms with Gasteiger partial charge in [-0.1, -0.05) is 30.3 Å². The number of benzene rings is 1. The lowest BCUT2D eigenvalue weighted by Gasteiger charge is -2.30. The fraction of sp³-hybridized carbons (Fsp3) is 0.500. The second-order valence-corrected chi connectivity index (χ2v) is 8.08. The lowest BCUT2D eigenvalue weighted by Crippen LogP contribution is -2.48. The van der Waals surface area contributed by atoms with E-state index in [1.807, 2.05) is 50.2 Å². The average Bonchev–Trinajstić information content (AvgIpc) is 3.46. The normalized spacial score (nSPS) is 15.9. The second kappa shape index (κ2) is 11.7. The molecule has 0 spiro atoms. The van der Waals surface area contributed by atoms with Crippen LogP contribution in [0.4, 0.5) is 0 Å². The molecule has 1 fully saturated rings. The number of ether oxygens (including phenoxy) is 2. The number of nitrogens with zero attached hydrogens (tertiary/aromatic N) is 2. The Morgan fingerprint density at radius 3 is 2.58 bits per heavy atom. The van der Waals surface area contributed by atoms with Gasteiger partial charge in [0.2, 0.25) is 11.8 Å². The molecule has 0 saturated carbocycles. The fourth-order valence-corrected chi connectivity index (χ4v) is 3.60. The zero-order valence-electron chi connectivity index (χ0n) is 18.4. The maximum absolute atomic E-state index is 13.2. The van der Waals surface area contributed by atoms with Crippen LogP contribution in [0.25, 0.3) is 0 Å². The van der Waals surface area contributed by atoms with E-state index >= 15 is 0 Å². The van der Waals surface area contributed by atoms with E-state index in [9.17, 15) is 9.59 Å². The van der Waals surface area contributed by atoms with Crippen molar-refractivity contribution >= 4 is 11.8 Å². The molecule has 0 radical (unpaired) electrons. The molecule has 1 saturated heterocycles. The summed E-state index contributed by atoms with van der Waals surface area (Å²) in [6.07, 6.45) is 3.56. The highest BCUT2D eigenvalue weighted by Crippen LogP contribution is 2.16. The molecule has 168 valence electrons. The molecule has 1 aromatic heterocycles. The molecule has 7 heteroatoms. The van der Waals surface area contributed by atoms with E-state index in [1.54, 1.807) is 22.1 Å². The number of rotatable bonds is 11. The SMILES string of the molecule is CC(C)N(CC(=O)N(Cc1ccco1)C[C@H]1CCCO1)C(=O)COCc1ccccc1. The average molecular weight is 429 g/mol. The zero-order valence-corrected chi connectivity index (χ0v) is 18.4. The van der Waals surface area contributed by atoms with Crippen LogP contribution in [0.15, 0.2) is 53.1 Å². The van der Waals surface area contributed by atoms with Gasteiger partial charge in [-0.05, 0) is 44.4 Å². The Hall–Kier alpha value is -2.64. The molecule has 7 nitrogen and oxygen atoms in total. The highest BCUT2D eigenvalue weighted by molar-refractivity contribution is 5.85. The first kappa shape index (κ1) is 23.0. The number of carbonyl (C=O) groups excluding carboxylic acids is 2. The number of carbonyl (C=O) groups is 2. The molecule has 0 N–H and O–H groups in total. The standard InChI is InChI=1S/C24H32N2O5/c1-19(2)26(24(28)18-29-17-20-8-4-3-5-9-20)16-23(27)25(14-21-10-6-12-30-21)15-22-11-7-13-31-22/h3-6,8-10,12,19,22H,7,11,13-18H2,1-2H3/t22-/m1/s1. The van der Waals surface area contributed by atoms with Crippen molar-refractivity contribution in [2.45, 2.75) is 52.0 Å². The van der Waals surface area contributed by atoms with Crippen LogP contribution in [-0.4, -0.2) is 60.1 Å². The lowest BCUT2D eigenvalue weighted by atomic mass is 10.2. The largest absolute Gasteiger partial charge is 0.467 e. The van der Waals surface area contributed by atoms with Gasteiger partial charge in [-0.15, -0.1) is 0 Å². The Kier molecular flexibility index (Phi) is 8.67. The topological polar surface area (TPSA) is 72.2 Å². The van der Waals surface area contributed by atoms with Gasteiger partial charge in [0.05, 0.1) is 25.5 Å². The predicted molar refractivity (Wildman–Crippen MR) is 116 cm³/mol. The first-order valence-electron chi connectivity index (χ1n) is 10.9. The highest BCUT2D eigenvalue weighted by Gasteiger charge is 2.27. The summed E-state index contributed by atoms with van der Waals surface area (Å²) in [5.74, 6) is 0.381. The molecule has 0 bridgehead atoms. The van der Waals surface area contributed by atoms with E-state index < -0.39 is 0 Å². The predicted octanol–water partition coefficient (Wildman–Crippen LogP) is 3.24. The molecule has 1 aliphatic heterocycles. The minimum atomic E-state index is -0.200. The molecule has 0 unspecified atom stereocenters. The lowest BCUT2D eigenvalue weighted by molar-refractivity contribution is -0.146. The Morgan fingerprint density at radius 1 is 1.13 bits per heavy atom. The molecule has 0 aliphatic carbocycles. The summed E-state index contributed by atoms with van der Waals surface area (Å²) in [4.78, 5) is 29.2. The van der Waals surface area contributed by atoms with E-state index in [2.05, 4.69) is 0 Å². The Balaban J connectivity index is 1.58. The quantitative estimate of drug-likeness (QED) is 0.549. The van der Waals surface area contributed by atoms with Gasteiger partial charge in [-0.2, -0.15) is 0 Å². The van der Waals surface area contributed by atoms with Crippen molar-refractivity contribution in [2.75, 3.05) is 26.3 Å². The van der Waals surface area contributed by atoms with Crippen LogP contribution in [0.5, 0.6) is 0 Å². The van der Waals surface area contributed by atoms with Gasteiger partial charge < -0.3 is 23.7 Å². The van der Waals surface area contributed by atoms with Crippen LogP contribution in [-0.2, 0) is 32.2 Å². The number of hydrogen-bond donors (Lipinski definition) is 0. The third kappa shape index (κ3) is 7.22. The molecule has 3 rings (SSSR count). The smallest absolute Gasteiger partial charge is 0.249 e. The van der Waals surface area contributed by atoms with Gasteiger partial charge in [-0.3, -0.25) is 9.59 Å². The second-order valence-electron chi connectivity index (χ2n) is 8.08. The molecule has 2 amide bonds. The summed E-state index contributed by atoms with van der Waals surface area (Å²) in [5.41, 5.74) is 1.00. The first-order valence-corrected chi connectivity index (χ1v) is 10.9. The van der Waals surface area contributed by atoms with Crippen molar-refractivity contribution < 1.29 is 23.5 Å². The molecular weight excluding hydrogens is 396 g/mol. The maximum Gasteiger partial charge on any atom is 0.249 e. The van der Waals surface area contributed by atoms with Gasteiger partial charge in [0.1, 0.15) is 18.9 Å². The van der Waals surface area contributed by atoms with Crippen molar-refractivity contribution in [1.82, 2.24) is 9.80 Å². The van der Waals surface area contributed by atoms with Crippen molar-refractivity contribution in [3.8, 4) is 0 Å². The fourth-order valence-electron chi connectivity index (χ4n) is 3.60. The van der Waals surface area contributed by atoms with Gasteiger partial charge in [0.25, 0.3) is 0 Å². The van der Waals surface area contributed by atoms with Crippen LogP contribution in [0, 0.1) is 0 Å². The van der Waals surface area contributed by atoms with E-state index in [4.69, 9.17) is 13.9 Å². The van der Waals surface area contributed by atoms with Crippen molar-refractivity contribution in [1.29, 1.82) is 0 Å². The molecular formula is C24H32N2O5. The zero-order chi connectivity index (χ0) is 22.1. The number of amides is 2. The summed E-state index contributed by atoms with van der Waals surface area (Å²) >= 11 is 0. The third-order valence-electron chi connectivity index (χ3n) is 5.31. The van der Waals surface area contributed by atoms with E-state index in [0.29, 0.717) is 25.5 Å². The van der Waals surface area contributed by atoms with E-state index in [0.717, 1.165) is 25.0 Å². The van der Waals surface area contributed by atoms with E-state index in [-0.39, 0.29) is 37.1 Å². The van der Waals surface area contributed by atoms with E-state index in [1.165, 1.54) is 0 Å². The van der Waals surface area contributed by atoms with Gasteiger partial charge >= 0.3 is 0 Å². The summed E-state index contributed by atoms with van der Waals surface area (Å²) in [7, 11) is 0. The van der Waals surface area contributed by atoms with Crippen LogP contribution in [0.1, 0.15) is 38.0 Å². The minimum Gasteiger partial charge on any atom is -0.467 e. The molecule has 1 atom stereocenters. The molecule has 31 heavy (non-hydrogen) atoms. The van der Waals surface area contributed by atoms with Crippen molar-refractivity contribution in [3.63, 3.8) is 0 Å². The minimum absolute atomic E-state index is 0.00136. The Bertz CT molecular complexity index is 801. The Morgan fingerprint density at radius 2 is 1.94 bits per heavy atom. The van der Waals surface area contributed by atoms with Crippen LogP contribution >= 0.6 is 0 Å². The summed E-state index contributed by atoms with van der Waals surface area (Å²) < 4.78 is 16.8.